The molecule has 1 aromatic carbocycles. The van der Waals surface area contributed by atoms with Gasteiger partial charge in [-0.2, -0.15) is 23.4 Å². The summed E-state index contributed by atoms with van der Waals surface area (Å²) in [5.41, 5.74) is 0.869. The fourth-order valence-electron chi connectivity index (χ4n) is 1.97. The van der Waals surface area contributed by atoms with E-state index in [2.05, 4.69) is 20.2 Å². The third-order valence-electron chi connectivity index (χ3n) is 2.98. The maximum absolute atomic E-state index is 12.7. The number of fused-ring (bicyclic) bond motifs is 1. The van der Waals surface area contributed by atoms with E-state index in [4.69, 9.17) is 4.74 Å². The lowest BCUT2D eigenvalue weighted by atomic mass is 10.1. The van der Waals surface area contributed by atoms with E-state index in [9.17, 15) is 13.2 Å². The van der Waals surface area contributed by atoms with Gasteiger partial charge in [0.15, 0.2) is 0 Å². The van der Waals surface area contributed by atoms with Gasteiger partial charge in [0.25, 0.3) is 0 Å². The number of rotatable bonds is 2. The number of alkyl halides is 3. The second-order valence-corrected chi connectivity index (χ2v) is 4.29. The number of ether oxygens (including phenoxy) is 1. The summed E-state index contributed by atoms with van der Waals surface area (Å²) < 4.78 is 43.2. The summed E-state index contributed by atoms with van der Waals surface area (Å²) in [5.74, 6) is 0.482. The summed E-state index contributed by atoms with van der Waals surface area (Å²) in [6, 6.07) is 3.25. The molecule has 8 heteroatoms. The second-order valence-electron chi connectivity index (χ2n) is 4.29. The molecule has 0 saturated carbocycles. The van der Waals surface area contributed by atoms with Crippen LogP contribution < -0.4 is 4.74 Å². The molecule has 2 heterocycles. The molecule has 0 bridgehead atoms. The zero-order valence-corrected chi connectivity index (χ0v) is 10.8. The highest BCUT2D eigenvalue weighted by Gasteiger charge is 2.31. The zero-order valence-electron chi connectivity index (χ0n) is 10.8. The summed E-state index contributed by atoms with van der Waals surface area (Å²) in [5, 5.41) is 7.40. The van der Waals surface area contributed by atoms with Crippen molar-refractivity contribution in [2.75, 3.05) is 7.11 Å². The normalized spacial score (nSPS) is 11.8. The topological polar surface area (TPSA) is 63.7 Å². The lowest BCUT2D eigenvalue weighted by Crippen LogP contribution is -2.05. The quantitative estimate of drug-likeness (QED) is 0.789. The minimum absolute atomic E-state index is 0.0878. The number of imidazole rings is 1. The number of methoxy groups -OCH3 is 1. The van der Waals surface area contributed by atoms with E-state index in [0.717, 1.165) is 12.1 Å². The second kappa shape index (κ2) is 4.72. The molecule has 1 N–H and O–H groups in total. The standard InChI is InChI=1S/C13H9F3N4O/c1-21-11-4-7(13(14,15)16)2-3-8(11)12-19-9-5-17-18-6-10(9)20-12/h2-6H,1H3,(H,19,20). The van der Waals surface area contributed by atoms with E-state index in [0.29, 0.717) is 22.4 Å². The summed E-state index contributed by atoms with van der Waals surface area (Å²) in [7, 11) is 1.31. The molecular formula is C13H9F3N4O. The van der Waals surface area contributed by atoms with Gasteiger partial charge in [-0.3, -0.25) is 0 Å². The van der Waals surface area contributed by atoms with Gasteiger partial charge in [-0.05, 0) is 18.2 Å². The zero-order chi connectivity index (χ0) is 15.0. The van der Waals surface area contributed by atoms with Crippen LogP contribution in [-0.4, -0.2) is 27.3 Å². The fourth-order valence-corrected chi connectivity index (χ4v) is 1.97. The van der Waals surface area contributed by atoms with Crippen LogP contribution in [-0.2, 0) is 6.18 Å². The van der Waals surface area contributed by atoms with Crippen molar-refractivity contribution in [1.29, 1.82) is 0 Å². The molecule has 0 amide bonds. The van der Waals surface area contributed by atoms with Crippen LogP contribution in [0.25, 0.3) is 22.4 Å². The maximum Gasteiger partial charge on any atom is 0.416 e. The molecule has 0 fully saturated rings. The van der Waals surface area contributed by atoms with Crippen LogP contribution in [0.3, 0.4) is 0 Å². The number of aromatic amines is 1. The van der Waals surface area contributed by atoms with Gasteiger partial charge in [-0.25, -0.2) is 4.98 Å². The van der Waals surface area contributed by atoms with E-state index in [1.807, 2.05) is 0 Å². The smallest absolute Gasteiger partial charge is 0.416 e. The van der Waals surface area contributed by atoms with Gasteiger partial charge in [0.2, 0.25) is 0 Å². The molecule has 0 saturated heterocycles. The number of H-pyrrole nitrogens is 1. The average Bonchev–Trinajstić information content (AvgIpc) is 2.89. The number of halogens is 3. The lowest BCUT2D eigenvalue weighted by Gasteiger charge is -2.11. The number of nitrogens with zero attached hydrogens (tertiary/aromatic N) is 3. The number of nitrogens with one attached hydrogen (secondary N) is 1. The molecule has 0 spiro atoms. The third-order valence-corrected chi connectivity index (χ3v) is 2.98. The largest absolute Gasteiger partial charge is 0.496 e. The monoisotopic (exact) mass is 294 g/mol. The van der Waals surface area contributed by atoms with Gasteiger partial charge < -0.3 is 9.72 Å². The molecule has 0 unspecified atom stereocenters. The van der Waals surface area contributed by atoms with Gasteiger partial charge >= 0.3 is 6.18 Å². The first-order valence-corrected chi connectivity index (χ1v) is 5.91. The molecule has 0 atom stereocenters. The van der Waals surface area contributed by atoms with Gasteiger partial charge in [-0.15, -0.1) is 0 Å². The minimum atomic E-state index is -4.42. The van der Waals surface area contributed by atoms with Gasteiger partial charge in [-0.1, -0.05) is 0 Å². The van der Waals surface area contributed by atoms with Gasteiger partial charge in [0.1, 0.15) is 17.1 Å². The Balaban J connectivity index is 2.13. The SMILES string of the molecule is COc1cc(C(F)(F)F)ccc1-c1nc2cnncc2[nH]1. The predicted molar refractivity (Wildman–Crippen MR) is 68.7 cm³/mol. The van der Waals surface area contributed by atoms with Crippen molar-refractivity contribution >= 4 is 11.0 Å². The molecule has 2 aromatic heterocycles. The molecule has 0 aliphatic rings. The van der Waals surface area contributed by atoms with Crippen molar-refractivity contribution in [3.05, 3.63) is 36.2 Å². The molecule has 0 aliphatic carbocycles. The van der Waals surface area contributed by atoms with Crippen molar-refractivity contribution in [3.8, 4) is 17.1 Å². The molecule has 0 radical (unpaired) electrons. The van der Waals surface area contributed by atoms with Crippen LogP contribution >= 0.6 is 0 Å². The van der Waals surface area contributed by atoms with E-state index in [1.165, 1.54) is 25.6 Å². The summed E-state index contributed by atoms with van der Waals surface area (Å²) in [6.07, 6.45) is -1.47. The van der Waals surface area contributed by atoms with Crippen LogP contribution in [0.15, 0.2) is 30.6 Å². The summed E-state index contributed by atoms with van der Waals surface area (Å²) in [6.45, 7) is 0. The van der Waals surface area contributed by atoms with Crippen molar-refractivity contribution in [3.63, 3.8) is 0 Å². The van der Waals surface area contributed by atoms with Crippen LogP contribution in [0.1, 0.15) is 5.56 Å². The van der Waals surface area contributed by atoms with E-state index < -0.39 is 11.7 Å². The Labute approximate surface area is 116 Å². The minimum Gasteiger partial charge on any atom is -0.496 e. The van der Waals surface area contributed by atoms with Crippen molar-refractivity contribution < 1.29 is 17.9 Å². The van der Waals surface area contributed by atoms with Crippen molar-refractivity contribution in [2.24, 2.45) is 0 Å². The van der Waals surface area contributed by atoms with E-state index >= 15 is 0 Å². The Morgan fingerprint density at radius 3 is 2.57 bits per heavy atom. The highest BCUT2D eigenvalue weighted by atomic mass is 19.4. The molecule has 3 rings (SSSR count). The van der Waals surface area contributed by atoms with Crippen LogP contribution in [0.2, 0.25) is 0 Å². The molecule has 3 aromatic rings. The lowest BCUT2D eigenvalue weighted by molar-refractivity contribution is -0.137. The summed E-state index contributed by atoms with van der Waals surface area (Å²) >= 11 is 0. The molecule has 5 nitrogen and oxygen atoms in total. The number of benzene rings is 1. The fraction of sp³-hybridized carbons (Fsp3) is 0.154. The maximum atomic E-state index is 12.7. The third kappa shape index (κ3) is 2.39. The molecule has 108 valence electrons. The van der Waals surface area contributed by atoms with E-state index in [-0.39, 0.29) is 5.75 Å². The Morgan fingerprint density at radius 1 is 1.14 bits per heavy atom. The first-order valence-electron chi connectivity index (χ1n) is 5.91. The van der Waals surface area contributed by atoms with Gasteiger partial charge in [0, 0.05) is 0 Å². The van der Waals surface area contributed by atoms with Gasteiger partial charge in [0.05, 0.1) is 36.1 Å². The molecule has 0 aliphatic heterocycles. The number of hydrogen-bond donors (Lipinski definition) is 1. The summed E-state index contributed by atoms with van der Waals surface area (Å²) in [4.78, 5) is 7.23. The van der Waals surface area contributed by atoms with Crippen molar-refractivity contribution in [1.82, 2.24) is 20.2 Å². The Kier molecular flexibility index (Phi) is 3.00. The number of hydrogen-bond acceptors (Lipinski definition) is 4. The van der Waals surface area contributed by atoms with Crippen LogP contribution in [0.4, 0.5) is 13.2 Å². The number of aromatic nitrogens is 4. The van der Waals surface area contributed by atoms with Crippen molar-refractivity contribution in [2.45, 2.75) is 6.18 Å². The molecular weight excluding hydrogens is 285 g/mol. The highest BCUT2D eigenvalue weighted by molar-refractivity contribution is 5.79. The predicted octanol–water partition coefficient (Wildman–Crippen LogP) is 3.05. The Bertz CT molecular complexity index is 764. The first kappa shape index (κ1) is 13.3. The average molecular weight is 294 g/mol. The Morgan fingerprint density at radius 2 is 1.90 bits per heavy atom. The Hall–Kier alpha value is -2.64. The van der Waals surface area contributed by atoms with E-state index in [1.54, 1.807) is 0 Å². The van der Waals surface area contributed by atoms with Crippen LogP contribution in [0, 0.1) is 0 Å². The van der Waals surface area contributed by atoms with Crippen LogP contribution in [0.5, 0.6) is 5.75 Å². The highest BCUT2D eigenvalue weighted by Crippen LogP contribution is 2.36. The first-order chi connectivity index (χ1) is 9.99. The molecule has 21 heavy (non-hydrogen) atoms.